The molecule has 0 heterocycles. The number of primary amides is 2. The minimum atomic E-state index is -2.86. The van der Waals surface area contributed by atoms with Crippen molar-refractivity contribution in [3.05, 3.63) is 91.1 Å². The topological polar surface area (TPSA) is 387 Å². The summed E-state index contributed by atoms with van der Waals surface area (Å²) in [6.07, 6.45) is -0.360. The fourth-order valence-electron chi connectivity index (χ4n) is 13.1. The van der Waals surface area contributed by atoms with Crippen molar-refractivity contribution in [3.8, 4) is 11.5 Å². The number of anilines is 1. The van der Waals surface area contributed by atoms with Gasteiger partial charge in [-0.2, -0.15) is 5.06 Å². The smallest absolute Gasteiger partial charge is 0.255 e. The van der Waals surface area contributed by atoms with Crippen molar-refractivity contribution in [2.75, 3.05) is 54.1 Å². The predicted molar refractivity (Wildman–Crippen MR) is 285 cm³/mol. The first-order valence-corrected chi connectivity index (χ1v) is 25.8. The lowest BCUT2D eigenvalue weighted by Gasteiger charge is -2.54. The number of likely N-dealkylation sites (N-methyl/N-ethyl adjacent to an activating group) is 2. The molecule has 24 heteroatoms. The van der Waals surface area contributed by atoms with Crippen LogP contribution in [0.3, 0.4) is 0 Å². The number of phenolic OH excluding ortho intramolecular Hbond substituents is 2. The second-order valence-corrected chi connectivity index (χ2v) is 22.9. The summed E-state index contributed by atoms with van der Waals surface area (Å²) in [5, 5.41) is 107. The van der Waals surface area contributed by atoms with Gasteiger partial charge in [0.1, 0.15) is 63.5 Å². The highest BCUT2D eigenvalue weighted by Gasteiger charge is 2.66. The number of amides is 2. The number of ketones is 3. The van der Waals surface area contributed by atoms with Gasteiger partial charge in [0.2, 0.25) is 5.78 Å². The summed E-state index contributed by atoms with van der Waals surface area (Å²) in [5.74, 6) is -14.8. The van der Waals surface area contributed by atoms with E-state index in [-0.39, 0.29) is 78.9 Å². The maximum Gasteiger partial charge on any atom is 0.255 e. The van der Waals surface area contributed by atoms with Crippen LogP contribution in [0.4, 0.5) is 5.69 Å². The SMILES string of the molecule is CCO/N=C(\C)c1cc(N)c(O)c2c1C[C@H]1C[C@H]3[C@H](N(C)C)C(=O)C(C(N)=O)=C(O)[C@@]3(O)C(O)=C1C2(C)ON(C)CC/C(=N\OC(C)(C)C)c1ccc(O)c2c1C[C@H]1C[C@H]3[C@H](N(C)C)C(=O)C(C(N)=O)=C(O)[C@@]3(O)C(=O)C1=C2O. The van der Waals surface area contributed by atoms with Gasteiger partial charge in [0, 0.05) is 59.7 Å². The Morgan fingerprint density at radius 3 is 1.87 bits per heavy atom. The molecule has 2 aromatic carbocycles. The van der Waals surface area contributed by atoms with Crippen LogP contribution in [0.1, 0.15) is 94.2 Å². The number of carbonyl (C=O) groups excluding carboxylic acids is 5. The number of nitrogens with zero attached hydrogens (tertiary/aromatic N) is 5. The Morgan fingerprint density at radius 1 is 0.785 bits per heavy atom. The van der Waals surface area contributed by atoms with Crippen molar-refractivity contribution in [2.45, 2.75) is 108 Å². The number of nitrogens with two attached hydrogens (primary N) is 3. The first-order valence-electron chi connectivity index (χ1n) is 25.8. The molecule has 9 atom stereocenters. The molecule has 6 aliphatic rings. The second-order valence-electron chi connectivity index (χ2n) is 22.9. The highest BCUT2D eigenvalue weighted by Crippen LogP contribution is 2.60. The van der Waals surface area contributed by atoms with Crippen molar-refractivity contribution in [1.29, 1.82) is 0 Å². The van der Waals surface area contributed by atoms with E-state index in [0.29, 0.717) is 28.0 Å². The number of benzene rings is 2. The molecule has 1 saturated carbocycles. The van der Waals surface area contributed by atoms with E-state index >= 15 is 0 Å². The van der Waals surface area contributed by atoms with Crippen LogP contribution in [-0.4, -0.2) is 174 Å². The molecule has 79 heavy (non-hydrogen) atoms. The number of aromatic hydroxyl groups is 2. The molecule has 0 saturated heterocycles. The monoisotopic (exact) mass is 1100 g/mol. The van der Waals surface area contributed by atoms with E-state index < -0.39 is 133 Å². The van der Waals surface area contributed by atoms with Gasteiger partial charge in [-0.1, -0.05) is 10.3 Å². The Bertz CT molecular complexity index is 3200. The lowest BCUT2D eigenvalue weighted by Crippen LogP contribution is -2.65. The number of aliphatic hydroxyl groups excluding tert-OH is 4. The maximum atomic E-state index is 14.6. The van der Waals surface area contributed by atoms with E-state index in [1.165, 1.54) is 61.1 Å². The van der Waals surface area contributed by atoms with Crippen molar-refractivity contribution >= 4 is 52.0 Å². The first-order chi connectivity index (χ1) is 36.7. The molecule has 0 aromatic heterocycles. The van der Waals surface area contributed by atoms with Crippen molar-refractivity contribution in [2.24, 2.45) is 45.5 Å². The first kappa shape index (κ1) is 57.8. The van der Waals surface area contributed by atoms with Gasteiger partial charge < -0.3 is 67.7 Å². The lowest BCUT2D eigenvalue weighted by molar-refractivity contribution is -0.226. The minimum Gasteiger partial charge on any atom is -0.509 e. The van der Waals surface area contributed by atoms with E-state index in [0.717, 1.165) is 0 Å². The Hall–Kier alpha value is -7.35. The van der Waals surface area contributed by atoms with E-state index in [9.17, 15) is 64.8 Å². The van der Waals surface area contributed by atoms with Gasteiger partial charge >= 0.3 is 0 Å². The molecule has 0 radical (unpaired) electrons. The van der Waals surface area contributed by atoms with E-state index in [4.69, 9.17) is 31.7 Å². The Morgan fingerprint density at radius 2 is 1.33 bits per heavy atom. The van der Waals surface area contributed by atoms with Crippen LogP contribution in [0, 0.1) is 23.7 Å². The predicted octanol–water partition coefficient (Wildman–Crippen LogP) is 2.25. The van der Waals surface area contributed by atoms with Gasteiger partial charge in [-0.15, -0.1) is 0 Å². The number of fused-ring (bicyclic) bond motifs is 6. The van der Waals surface area contributed by atoms with E-state index in [2.05, 4.69) is 10.3 Å². The standard InChI is InChI=1S/C55H70N8O16/c1-12-77-59-22(2)26-21-31(56)42(65)39-28(26)18-24-20-30-41(62(9)10)45(68)37(51(58)74)48(71)55(30,76)49(72)38(24)53(39,6)79-63(11)16-15-32(60-78-52(3,4)5)25-13-14-33(64)35-27(25)17-23-19-29-40(61(7)8)44(67)36(50(57)73)47(70)54(29,75)46(69)34(23)43(35)66/h13-14,21,23-24,29-30,40-41,64-66,70-72,75-76H,12,15-20,56H2,1-11H3,(H2,57,73)(H2,58,74)/b59-22+,60-32+/t23-,24-,29-,30-,40-,41-,53?,54-,55+/m0/s1. The molecule has 8 rings (SSSR count). The van der Waals surface area contributed by atoms with Crippen molar-refractivity contribution < 1.29 is 79.3 Å². The number of aliphatic hydroxyl groups is 6. The normalized spacial score (nSPS) is 29.1. The third-order valence-corrected chi connectivity index (χ3v) is 16.3. The largest absolute Gasteiger partial charge is 0.509 e. The van der Waals surface area contributed by atoms with Gasteiger partial charge in [0.15, 0.2) is 22.8 Å². The van der Waals surface area contributed by atoms with E-state index in [1.807, 2.05) is 0 Å². The lowest BCUT2D eigenvalue weighted by atomic mass is 9.56. The molecular formula is C55H70N8O16. The number of hydrogen-bond donors (Lipinski definition) is 11. The zero-order valence-corrected chi connectivity index (χ0v) is 46.0. The molecule has 2 amide bonds. The average molecular weight is 1100 g/mol. The van der Waals surface area contributed by atoms with Gasteiger partial charge in [0.05, 0.1) is 34.8 Å². The Kier molecular flexibility index (Phi) is 14.7. The number of carbonyl (C=O) groups is 5. The van der Waals surface area contributed by atoms with Crippen molar-refractivity contribution in [1.82, 2.24) is 14.9 Å². The minimum absolute atomic E-state index is 0.0329. The van der Waals surface area contributed by atoms with Gasteiger partial charge in [-0.3, -0.25) is 38.6 Å². The fourth-order valence-corrected chi connectivity index (χ4v) is 13.1. The zero-order chi connectivity index (χ0) is 58.7. The van der Waals surface area contributed by atoms with Crippen LogP contribution in [0.5, 0.6) is 11.5 Å². The number of phenols is 2. The van der Waals surface area contributed by atoms with Gasteiger partial charge in [-0.05, 0) is 137 Å². The molecule has 426 valence electrons. The quantitative estimate of drug-likeness (QED) is 0.0425. The number of hydroxylamine groups is 2. The van der Waals surface area contributed by atoms with Crippen LogP contribution in [-0.2, 0) is 56.9 Å². The summed E-state index contributed by atoms with van der Waals surface area (Å²) in [6.45, 7) is 10.3. The van der Waals surface area contributed by atoms with Crippen LogP contribution >= 0.6 is 0 Å². The van der Waals surface area contributed by atoms with Crippen LogP contribution in [0.2, 0.25) is 0 Å². The zero-order valence-electron chi connectivity index (χ0n) is 46.0. The third kappa shape index (κ3) is 8.88. The molecule has 0 spiro atoms. The number of Topliss-reactive ketones (excluding diaryl/α,β-unsaturated/α-hetero) is 3. The molecule has 14 N–H and O–H groups in total. The summed E-state index contributed by atoms with van der Waals surface area (Å²) >= 11 is 0. The molecule has 1 fully saturated rings. The molecular weight excluding hydrogens is 1030 g/mol. The molecule has 0 aliphatic heterocycles. The number of nitrogen functional groups attached to an aromatic ring is 1. The molecule has 6 aliphatic carbocycles. The van der Waals surface area contributed by atoms with E-state index in [1.54, 1.807) is 48.7 Å². The van der Waals surface area contributed by atoms with Crippen molar-refractivity contribution in [3.63, 3.8) is 0 Å². The summed E-state index contributed by atoms with van der Waals surface area (Å²) in [6, 6.07) is 1.75. The van der Waals surface area contributed by atoms with Gasteiger partial charge in [-0.25, -0.2) is 0 Å². The maximum absolute atomic E-state index is 14.6. The Balaban J connectivity index is 1.25. The average Bonchev–Trinajstić information content (AvgIpc) is 2.19. The summed E-state index contributed by atoms with van der Waals surface area (Å²) < 4.78 is 0. The summed E-state index contributed by atoms with van der Waals surface area (Å²) in [4.78, 5) is 89.0. The molecule has 1 unspecified atom stereocenters. The number of oxime groups is 2. The third-order valence-electron chi connectivity index (χ3n) is 16.3. The molecule has 2 aromatic rings. The van der Waals surface area contributed by atoms with Crippen LogP contribution in [0.15, 0.2) is 68.1 Å². The highest BCUT2D eigenvalue weighted by molar-refractivity contribution is 6.25. The fraction of sp³-hybridized carbons (Fsp3) is 0.509. The van der Waals surface area contributed by atoms with Crippen LogP contribution < -0.4 is 17.2 Å². The molecule has 24 nitrogen and oxygen atoms in total. The molecule has 0 bridgehead atoms. The summed E-state index contributed by atoms with van der Waals surface area (Å²) in [7, 11) is 7.63. The number of rotatable bonds is 14. The summed E-state index contributed by atoms with van der Waals surface area (Å²) in [5.41, 5.74) is 8.81. The second kappa shape index (κ2) is 20.1. The number of hydrogen-bond acceptors (Lipinski definition) is 22. The van der Waals surface area contributed by atoms with Crippen LogP contribution in [0.25, 0.3) is 5.76 Å². The highest BCUT2D eigenvalue weighted by atomic mass is 16.7. The Labute approximate surface area is 455 Å². The van der Waals surface area contributed by atoms with Gasteiger partial charge in [0.25, 0.3) is 11.8 Å².